The first-order valence-corrected chi connectivity index (χ1v) is 10.6. The van der Waals surface area contributed by atoms with Crippen LogP contribution in [-0.2, 0) is 13.1 Å². The highest BCUT2D eigenvalue weighted by atomic mass is 35.5. The Balaban J connectivity index is 1.27. The second kappa shape index (κ2) is 9.08. The van der Waals surface area contributed by atoms with E-state index in [0.717, 1.165) is 38.3 Å². The van der Waals surface area contributed by atoms with Crippen LogP contribution in [0.3, 0.4) is 0 Å². The standard InChI is InChI=1S/C23H27ClN4O/c1-17(2)19-5-3-18(4-6-19)15-27-11-13-28(14-12-27)16-22-25-26-23(29-22)20-7-9-21(24)10-8-20/h3-10,17H,11-16H2,1-2H3. The lowest BCUT2D eigenvalue weighted by molar-refractivity contribution is 0.114. The van der Waals surface area contributed by atoms with Gasteiger partial charge in [0.2, 0.25) is 11.8 Å². The van der Waals surface area contributed by atoms with Crippen LogP contribution in [0.4, 0.5) is 0 Å². The molecular formula is C23H27ClN4O. The summed E-state index contributed by atoms with van der Waals surface area (Å²) < 4.78 is 5.84. The Hall–Kier alpha value is -2.21. The second-order valence-electron chi connectivity index (χ2n) is 7.96. The van der Waals surface area contributed by atoms with Crippen molar-refractivity contribution in [3.8, 4) is 11.5 Å². The zero-order chi connectivity index (χ0) is 20.2. The minimum atomic E-state index is 0.542. The highest BCUT2D eigenvalue weighted by Crippen LogP contribution is 2.21. The topological polar surface area (TPSA) is 45.4 Å². The van der Waals surface area contributed by atoms with Crippen LogP contribution in [0.5, 0.6) is 0 Å². The molecule has 0 saturated carbocycles. The van der Waals surface area contributed by atoms with Crippen molar-refractivity contribution in [3.63, 3.8) is 0 Å². The molecule has 0 spiro atoms. The van der Waals surface area contributed by atoms with Gasteiger partial charge in [-0.2, -0.15) is 0 Å². The monoisotopic (exact) mass is 410 g/mol. The number of halogens is 1. The first-order chi connectivity index (χ1) is 14.1. The second-order valence-corrected chi connectivity index (χ2v) is 8.39. The Bertz CT molecular complexity index is 913. The Morgan fingerprint density at radius 2 is 1.48 bits per heavy atom. The van der Waals surface area contributed by atoms with E-state index in [1.54, 1.807) is 0 Å². The Kier molecular flexibility index (Phi) is 6.28. The highest BCUT2D eigenvalue weighted by molar-refractivity contribution is 6.30. The number of hydrogen-bond acceptors (Lipinski definition) is 5. The molecule has 6 heteroatoms. The van der Waals surface area contributed by atoms with Crippen LogP contribution in [0.15, 0.2) is 52.9 Å². The first-order valence-electron chi connectivity index (χ1n) is 10.2. The molecule has 0 aliphatic carbocycles. The lowest BCUT2D eigenvalue weighted by atomic mass is 10.0. The van der Waals surface area contributed by atoms with E-state index in [2.05, 4.69) is 58.1 Å². The average Bonchev–Trinajstić information content (AvgIpc) is 3.19. The lowest BCUT2D eigenvalue weighted by Gasteiger charge is -2.34. The maximum atomic E-state index is 5.94. The van der Waals surface area contributed by atoms with Gasteiger partial charge in [0.1, 0.15) is 0 Å². The van der Waals surface area contributed by atoms with Gasteiger partial charge in [-0.3, -0.25) is 9.80 Å². The molecule has 1 saturated heterocycles. The molecular weight excluding hydrogens is 384 g/mol. The van der Waals surface area contributed by atoms with Crippen molar-refractivity contribution in [3.05, 3.63) is 70.6 Å². The molecule has 3 aromatic rings. The molecule has 0 atom stereocenters. The molecule has 0 radical (unpaired) electrons. The molecule has 2 heterocycles. The van der Waals surface area contributed by atoms with Crippen molar-refractivity contribution in [1.82, 2.24) is 20.0 Å². The van der Waals surface area contributed by atoms with Crippen molar-refractivity contribution in [2.45, 2.75) is 32.9 Å². The fourth-order valence-electron chi connectivity index (χ4n) is 3.59. The van der Waals surface area contributed by atoms with Crippen LogP contribution < -0.4 is 0 Å². The lowest BCUT2D eigenvalue weighted by Crippen LogP contribution is -2.45. The zero-order valence-electron chi connectivity index (χ0n) is 17.0. The minimum Gasteiger partial charge on any atom is -0.419 e. The Morgan fingerprint density at radius 1 is 0.862 bits per heavy atom. The van der Waals surface area contributed by atoms with Crippen molar-refractivity contribution in [2.75, 3.05) is 26.2 Å². The highest BCUT2D eigenvalue weighted by Gasteiger charge is 2.19. The summed E-state index contributed by atoms with van der Waals surface area (Å²) in [5, 5.41) is 9.08. The van der Waals surface area contributed by atoms with E-state index in [9.17, 15) is 0 Å². The molecule has 1 aromatic heterocycles. The van der Waals surface area contributed by atoms with Gasteiger partial charge in [-0.15, -0.1) is 10.2 Å². The fraction of sp³-hybridized carbons (Fsp3) is 0.391. The van der Waals surface area contributed by atoms with Gasteiger partial charge in [0.15, 0.2) is 0 Å². The maximum absolute atomic E-state index is 5.94. The molecule has 1 aliphatic heterocycles. The summed E-state index contributed by atoms with van der Waals surface area (Å²) in [4.78, 5) is 4.88. The van der Waals surface area contributed by atoms with Gasteiger partial charge < -0.3 is 4.42 Å². The van der Waals surface area contributed by atoms with E-state index < -0.39 is 0 Å². The normalized spacial score (nSPS) is 15.9. The third-order valence-electron chi connectivity index (χ3n) is 5.43. The molecule has 0 bridgehead atoms. The summed E-state index contributed by atoms with van der Waals surface area (Å²) in [5.74, 6) is 1.78. The molecule has 1 aliphatic rings. The molecule has 4 rings (SSSR count). The first kappa shape index (κ1) is 20.1. The third-order valence-corrected chi connectivity index (χ3v) is 5.69. The molecule has 2 aromatic carbocycles. The summed E-state index contributed by atoms with van der Waals surface area (Å²) in [5.41, 5.74) is 3.67. The summed E-state index contributed by atoms with van der Waals surface area (Å²) in [6.07, 6.45) is 0. The number of hydrogen-bond donors (Lipinski definition) is 0. The minimum absolute atomic E-state index is 0.542. The average molecular weight is 411 g/mol. The predicted molar refractivity (Wildman–Crippen MR) is 116 cm³/mol. The number of piperazine rings is 1. The SMILES string of the molecule is CC(C)c1ccc(CN2CCN(Cc3nnc(-c4ccc(Cl)cc4)o3)CC2)cc1. The van der Waals surface area contributed by atoms with E-state index in [1.807, 2.05) is 24.3 Å². The number of rotatable bonds is 6. The van der Waals surface area contributed by atoms with Gasteiger partial charge in [0.05, 0.1) is 6.54 Å². The summed E-state index contributed by atoms with van der Waals surface area (Å²) in [6.45, 7) is 10.3. The van der Waals surface area contributed by atoms with E-state index in [4.69, 9.17) is 16.0 Å². The van der Waals surface area contributed by atoms with Crippen LogP contribution in [-0.4, -0.2) is 46.2 Å². The van der Waals surface area contributed by atoms with Gasteiger partial charge >= 0.3 is 0 Å². The van der Waals surface area contributed by atoms with Crippen LogP contribution in [0.25, 0.3) is 11.5 Å². The smallest absolute Gasteiger partial charge is 0.247 e. The quantitative estimate of drug-likeness (QED) is 0.582. The van der Waals surface area contributed by atoms with Crippen LogP contribution in [0.2, 0.25) is 5.02 Å². The van der Waals surface area contributed by atoms with Crippen LogP contribution >= 0.6 is 11.6 Å². The van der Waals surface area contributed by atoms with Gasteiger partial charge in [0.25, 0.3) is 0 Å². The summed E-state index contributed by atoms with van der Waals surface area (Å²) in [6, 6.07) is 16.5. The van der Waals surface area contributed by atoms with Crippen molar-refractivity contribution < 1.29 is 4.42 Å². The van der Waals surface area contributed by atoms with Crippen molar-refractivity contribution in [1.29, 1.82) is 0 Å². The van der Waals surface area contributed by atoms with Gasteiger partial charge in [-0.1, -0.05) is 49.7 Å². The predicted octanol–water partition coefficient (Wildman–Crippen LogP) is 4.83. The molecule has 29 heavy (non-hydrogen) atoms. The molecule has 0 amide bonds. The van der Waals surface area contributed by atoms with Crippen molar-refractivity contribution >= 4 is 11.6 Å². The summed E-state index contributed by atoms with van der Waals surface area (Å²) >= 11 is 5.94. The molecule has 152 valence electrons. The van der Waals surface area contributed by atoms with E-state index in [0.29, 0.717) is 29.3 Å². The van der Waals surface area contributed by atoms with Crippen molar-refractivity contribution in [2.24, 2.45) is 0 Å². The van der Waals surface area contributed by atoms with E-state index >= 15 is 0 Å². The molecule has 1 fully saturated rings. The Morgan fingerprint density at radius 3 is 2.10 bits per heavy atom. The van der Waals surface area contributed by atoms with E-state index in [1.165, 1.54) is 11.1 Å². The zero-order valence-corrected chi connectivity index (χ0v) is 17.8. The van der Waals surface area contributed by atoms with Gasteiger partial charge in [-0.25, -0.2) is 0 Å². The third kappa shape index (κ3) is 5.24. The van der Waals surface area contributed by atoms with Gasteiger partial charge in [0, 0.05) is 43.3 Å². The van der Waals surface area contributed by atoms with Crippen LogP contribution in [0, 0.1) is 0 Å². The largest absolute Gasteiger partial charge is 0.419 e. The molecule has 0 unspecified atom stereocenters. The Labute approximate surface area is 177 Å². The number of aromatic nitrogens is 2. The van der Waals surface area contributed by atoms with Gasteiger partial charge in [-0.05, 0) is 41.3 Å². The summed E-state index contributed by atoms with van der Waals surface area (Å²) in [7, 11) is 0. The maximum Gasteiger partial charge on any atom is 0.247 e. The number of nitrogens with zero attached hydrogens (tertiary/aromatic N) is 4. The molecule has 5 nitrogen and oxygen atoms in total. The number of benzene rings is 2. The fourth-order valence-corrected chi connectivity index (χ4v) is 3.72. The van der Waals surface area contributed by atoms with Crippen LogP contribution in [0.1, 0.15) is 36.8 Å². The van der Waals surface area contributed by atoms with E-state index in [-0.39, 0.29) is 0 Å². The molecule has 0 N–H and O–H groups in total.